The number of aromatic nitrogens is 4. The zero-order valence-corrected chi connectivity index (χ0v) is 17.8. The van der Waals surface area contributed by atoms with Gasteiger partial charge in [0.25, 0.3) is 0 Å². The van der Waals surface area contributed by atoms with E-state index in [2.05, 4.69) is 54.2 Å². The molecular formula is C19H21IN6O3. The summed E-state index contributed by atoms with van der Waals surface area (Å²) in [5.74, 6) is 0.348. The summed E-state index contributed by atoms with van der Waals surface area (Å²) in [7, 11) is 0. The summed E-state index contributed by atoms with van der Waals surface area (Å²) in [5.41, 5.74) is 2.27. The van der Waals surface area contributed by atoms with Crippen molar-refractivity contribution in [3.8, 4) is 0 Å². The molecule has 2 aromatic heterocycles. The van der Waals surface area contributed by atoms with Crippen LogP contribution in [0.3, 0.4) is 0 Å². The van der Waals surface area contributed by atoms with Crippen molar-refractivity contribution in [2.45, 2.75) is 44.2 Å². The molecule has 4 N–H and O–H groups in total. The van der Waals surface area contributed by atoms with Crippen molar-refractivity contribution in [3.05, 3.63) is 46.1 Å². The van der Waals surface area contributed by atoms with Crippen LogP contribution in [0.5, 0.6) is 0 Å². The molecule has 29 heavy (non-hydrogen) atoms. The quantitative estimate of drug-likeness (QED) is 0.382. The second-order valence-corrected chi connectivity index (χ2v) is 8.37. The van der Waals surface area contributed by atoms with Gasteiger partial charge in [0, 0.05) is 17.0 Å². The molecule has 0 spiro atoms. The minimum atomic E-state index is -1.05. The van der Waals surface area contributed by atoms with Crippen LogP contribution in [0, 0.1) is 3.57 Å². The van der Waals surface area contributed by atoms with E-state index >= 15 is 0 Å². The highest BCUT2D eigenvalue weighted by Crippen LogP contribution is 2.33. The first-order valence-corrected chi connectivity index (χ1v) is 10.3. The van der Waals surface area contributed by atoms with Crippen LogP contribution in [0.1, 0.15) is 24.9 Å². The topological polar surface area (TPSA) is 125 Å². The maximum Gasteiger partial charge on any atom is 0.217 e. The van der Waals surface area contributed by atoms with Crippen molar-refractivity contribution in [2.24, 2.45) is 0 Å². The Morgan fingerprint density at radius 2 is 2.10 bits per heavy atom. The Kier molecular flexibility index (Phi) is 5.65. The Morgan fingerprint density at radius 3 is 2.86 bits per heavy atom. The molecule has 10 heteroatoms. The molecule has 1 aliphatic rings. The maximum atomic E-state index is 11.4. The Hall–Kier alpha value is -2.31. The third-order valence-corrected chi connectivity index (χ3v) is 5.78. The molecule has 9 nitrogen and oxygen atoms in total. The average molecular weight is 508 g/mol. The van der Waals surface area contributed by atoms with E-state index in [4.69, 9.17) is 0 Å². The van der Waals surface area contributed by atoms with Gasteiger partial charge < -0.3 is 25.4 Å². The molecule has 1 unspecified atom stereocenters. The summed E-state index contributed by atoms with van der Waals surface area (Å²) in [4.78, 5) is 24.4. The zero-order valence-electron chi connectivity index (χ0n) is 15.7. The van der Waals surface area contributed by atoms with Gasteiger partial charge in [-0.15, -0.1) is 0 Å². The molecule has 0 radical (unpaired) electrons. The molecule has 4 atom stereocenters. The molecule has 1 aliphatic carbocycles. The number of carbonyl (C=O) groups excluding carboxylic acids is 1. The molecule has 0 saturated heterocycles. The number of rotatable bonds is 5. The van der Waals surface area contributed by atoms with Gasteiger partial charge in [0.1, 0.15) is 24.1 Å². The highest BCUT2D eigenvalue weighted by atomic mass is 127. The van der Waals surface area contributed by atoms with E-state index in [1.807, 2.05) is 18.2 Å². The third-order valence-electron chi connectivity index (χ3n) is 5.11. The summed E-state index contributed by atoms with van der Waals surface area (Å²) >= 11 is 2.27. The Morgan fingerprint density at radius 1 is 1.28 bits per heavy atom. The van der Waals surface area contributed by atoms with Crippen molar-refractivity contribution in [1.29, 1.82) is 0 Å². The van der Waals surface area contributed by atoms with Crippen LogP contribution in [-0.2, 0) is 11.3 Å². The van der Waals surface area contributed by atoms with Crippen LogP contribution in [0.2, 0.25) is 0 Å². The van der Waals surface area contributed by atoms with E-state index in [1.165, 1.54) is 13.3 Å². The summed E-state index contributed by atoms with van der Waals surface area (Å²) < 4.78 is 2.89. The van der Waals surface area contributed by atoms with Gasteiger partial charge in [0.15, 0.2) is 11.5 Å². The number of carbonyl (C=O) groups is 1. The third kappa shape index (κ3) is 4.05. The average Bonchev–Trinajstić information content (AvgIpc) is 3.23. The smallest absolute Gasteiger partial charge is 0.217 e. The predicted molar refractivity (Wildman–Crippen MR) is 115 cm³/mol. The standard InChI is InChI=1S/C19H21IN6O3/c1-10(27)25-13-6-14(17(29)16(13)28)26-9-24-15-18(22-8-23-19(15)26)21-7-11-3-2-4-12(20)5-11/h2-5,8-9,13-14,16-17,28-29H,6-7H2,1H3,(H,25,27)(H,21,22,23)/t13-,14?,16+,17-/m0/s1. The number of amides is 1. The van der Waals surface area contributed by atoms with Gasteiger partial charge in [-0.1, -0.05) is 12.1 Å². The molecule has 3 aromatic rings. The predicted octanol–water partition coefficient (Wildman–Crippen LogP) is 1.21. The normalized spacial score (nSPS) is 24.0. The number of halogens is 1. The first-order valence-electron chi connectivity index (χ1n) is 9.23. The number of nitrogens with one attached hydrogen (secondary N) is 2. The van der Waals surface area contributed by atoms with Crippen LogP contribution in [0.25, 0.3) is 11.2 Å². The summed E-state index contributed by atoms with van der Waals surface area (Å²) in [5, 5.41) is 26.8. The molecular weight excluding hydrogens is 487 g/mol. The molecule has 1 saturated carbocycles. The SMILES string of the molecule is CC(=O)N[C@H]1CC(n2cnc3c(NCc4cccc(I)c4)ncnc32)[C@H](O)[C@@H]1O. The first kappa shape index (κ1) is 20.0. The van der Waals surface area contributed by atoms with E-state index < -0.39 is 24.3 Å². The van der Waals surface area contributed by atoms with Gasteiger partial charge in [0.2, 0.25) is 5.91 Å². The minimum absolute atomic E-state index is 0.248. The van der Waals surface area contributed by atoms with Crippen LogP contribution in [-0.4, -0.2) is 53.9 Å². The Bertz CT molecular complexity index is 1040. The lowest BCUT2D eigenvalue weighted by atomic mass is 10.2. The molecule has 1 aromatic carbocycles. The largest absolute Gasteiger partial charge is 0.388 e. The lowest BCUT2D eigenvalue weighted by Gasteiger charge is -2.18. The first-order chi connectivity index (χ1) is 13.9. The number of aliphatic hydroxyl groups excluding tert-OH is 2. The molecule has 4 rings (SSSR count). The number of benzene rings is 1. The van der Waals surface area contributed by atoms with Crippen LogP contribution in [0.4, 0.5) is 5.82 Å². The van der Waals surface area contributed by atoms with E-state index in [0.717, 1.165) is 9.13 Å². The number of imidazole rings is 1. The fourth-order valence-electron chi connectivity index (χ4n) is 3.74. The molecule has 2 heterocycles. The number of aliphatic hydroxyl groups is 2. The summed E-state index contributed by atoms with van der Waals surface area (Å²) in [6.45, 7) is 1.98. The lowest BCUT2D eigenvalue weighted by Crippen LogP contribution is -2.42. The molecule has 1 amide bonds. The van der Waals surface area contributed by atoms with Gasteiger partial charge in [-0.25, -0.2) is 15.0 Å². The van der Waals surface area contributed by atoms with Crippen molar-refractivity contribution in [1.82, 2.24) is 24.8 Å². The minimum Gasteiger partial charge on any atom is -0.388 e. The molecule has 1 fully saturated rings. The van der Waals surface area contributed by atoms with Gasteiger partial charge in [-0.3, -0.25) is 4.79 Å². The molecule has 0 aliphatic heterocycles. The second kappa shape index (κ2) is 8.20. The van der Waals surface area contributed by atoms with Gasteiger partial charge in [0.05, 0.1) is 18.4 Å². The zero-order chi connectivity index (χ0) is 20.5. The highest BCUT2D eigenvalue weighted by Gasteiger charge is 2.43. The summed E-state index contributed by atoms with van der Waals surface area (Å²) in [6, 6.07) is 7.18. The number of hydrogen-bond donors (Lipinski definition) is 4. The number of fused-ring (bicyclic) bond motifs is 1. The molecule has 0 bridgehead atoms. The second-order valence-electron chi connectivity index (χ2n) is 7.12. The van der Waals surface area contributed by atoms with E-state index in [0.29, 0.717) is 29.9 Å². The van der Waals surface area contributed by atoms with Crippen LogP contribution < -0.4 is 10.6 Å². The summed E-state index contributed by atoms with van der Waals surface area (Å²) in [6.07, 6.45) is 1.32. The number of hydrogen-bond acceptors (Lipinski definition) is 7. The fraction of sp³-hybridized carbons (Fsp3) is 0.368. The monoisotopic (exact) mass is 508 g/mol. The van der Waals surface area contributed by atoms with Crippen molar-refractivity contribution in [3.63, 3.8) is 0 Å². The van der Waals surface area contributed by atoms with E-state index in [-0.39, 0.29) is 5.91 Å². The van der Waals surface area contributed by atoms with Crippen molar-refractivity contribution < 1.29 is 15.0 Å². The maximum absolute atomic E-state index is 11.4. The highest BCUT2D eigenvalue weighted by molar-refractivity contribution is 14.1. The van der Waals surface area contributed by atoms with Gasteiger partial charge in [-0.2, -0.15) is 0 Å². The van der Waals surface area contributed by atoms with Crippen molar-refractivity contribution >= 4 is 45.5 Å². The Balaban J connectivity index is 1.58. The van der Waals surface area contributed by atoms with E-state index in [9.17, 15) is 15.0 Å². The fourth-order valence-corrected chi connectivity index (χ4v) is 4.35. The molecule has 152 valence electrons. The lowest BCUT2D eigenvalue weighted by molar-refractivity contribution is -0.120. The van der Waals surface area contributed by atoms with Crippen LogP contribution in [0.15, 0.2) is 36.9 Å². The van der Waals surface area contributed by atoms with Crippen LogP contribution >= 0.6 is 22.6 Å². The van der Waals surface area contributed by atoms with E-state index in [1.54, 1.807) is 10.9 Å². The number of anilines is 1. The van der Waals surface area contributed by atoms with Gasteiger partial charge >= 0.3 is 0 Å². The van der Waals surface area contributed by atoms with Gasteiger partial charge in [-0.05, 0) is 46.7 Å². The number of nitrogens with zero attached hydrogens (tertiary/aromatic N) is 4. The Labute approximate surface area is 180 Å². The van der Waals surface area contributed by atoms with Crippen molar-refractivity contribution in [2.75, 3.05) is 5.32 Å².